The predicted octanol–water partition coefficient (Wildman–Crippen LogP) is 10.2. The Morgan fingerprint density at radius 2 is 1.39 bits per heavy atom. The number of carbonyl (C=O) groups excluding carboxylic acids is 3. The number of carbonyl (C=O) groups is 3. The number of hydrogen-bond donors (Lipinski definition) is 1. The summed E-state index contributed by atoms with van der Waals surface area (Å²) < 4.78 is 12.6. The molecule has 1 N–H and O–H groups in total. The number of esters is 1. The van der Waals surface area contributed by atoms with Gasteiger partial charge in [0, 0.05) is 29.1 Å². The molecule has 286 valence electrons. The number of aromatic nitrogens is 2. The summed E-state index contributed by atoms with van der Waals surface area (Å²) in [6, 6.07) is 39.2. The molecule has 0 unspecified atom stereocenters. The first-order valence-electron chi connectivity index (χ1n) is 18.5. The first-order chi connectivity index (χ1) is 26.9. The van der Waals surface area contributed by atoms with Gasteiger partial charge in [-0.3, -0.25) is 4.79 Å². The molecule has 1 fully saturated rings. The van der Waals surface area contributed by atoms with Crippen molar-refractivity contribution >= 4 is 57.9 Å². The Morgan fingerprint density at radius 3 is 1.95 bits per heavy atom. The average molecular weight is 790 g/mol. The molecule has 0 bridgehead atoms. The molecule has 1 aliphatic heterocycles. The Labute approximate surface area is 336 Å². The van der Waals surface area contributed by atoms with Gasteiger partial charge >= 0.3 is 12.1 Å². The van der Waals surface area contributed by atoms with Crippen LogP contribution in [0.5, 0.6) is 0 Å². The molecule has 7 rings (SSSR count). The van der Waals surface area contributed by atoms with E-state index < -0.39 is 29.1 Å². The van der Waals surface area contributed by atoms with Crippen molar-refractivity contribution in [2.75, 3.05) is 25.5 Å². The lowest BCUT2D eigenvalue weighted by molar-refractivity contribution is -0.121. The maximum absolute atomic E-state index is 14.3. The van der Waals surface area contributed by atoms with Crippen LogP contribution in [0.4, 0.5) is 10.6 Å². The third-order valence-corrected chi connectivity index (χ3v) is 10.8. The van der Waals surface area contributed by atoms with Crippen molar-refractivity contribution in [2.45, 2.75) is 44.8 Å². The summed E-state index contributed by atoms with van der Waals surface area (Å²) >= 11 is 13.7. The Bertz CT molecular complexity index is 2300. The lowest BCUT2D eigenvalue weighted by Gasteiger charge is -2.37. The molecule has 2 heterocycles. The standard InChI is InChI=1S/C45H42Cl2N4O5/c1-44(2,3)56-43(54)50-26-14-15-30(28-50)41(52)48-40-35-27-29(38-36(46)24-23-34(39(38)47)42(53)55-4)22-25-37(35)51(49-40)45(31-16-8-5-9-17-31,32-18-10-6-11-19-32)33-20-12-7-13-21-33/h5-13,16-25,27,30H,14-15,26,28H2,1-4H3,(H,48,49,52)/t30-/m1/s1. The van der Waals surface area contributed by atoms with Crippen LogP contribution in [0.1, 0.15) is 60.7 Å². The maximum atomic E-state index is 14.3. The van der Waals surface area contributed by atoms with E-state index in [1.807, 2.05) is 98.2 Å². The van der Waals surface area contributed by atoms with Gasteiger partial charge in [-0.15, -0.1) is 0 Å². The molecule has 2 amide bonds. The molecular weight excluding hydrogens is 747 g/mol. The fourth-order valence-electron chi connectivity index (χ4n) is 7.51. The van der Waals surface area contributed by atoms with Gasteiger partial charge in [-0.2, -0.15) is 5.10 Å². The smallest absolute Gasteiger partial charge is 0.410 e. The number of nitrogens with one attached hydrogen (secondary N) is 1. The summed E-state index contributed by atoms with van der Waals surface area (Å²) in [5, 5.41) is 9.55. The largest absolute Gasteiger partial charge is 0.465 e. The van der Waals surface area contributed by atoms with E-state index in [0.717, 1.165) is 16.7 Å². The third kappa shape index (κ3) is 7.36. The van der Waals surface area contributed by atoms with E-state index >= 15 is 0 Å². The van der Waals surface area contributed by atoms with Crippen LogP contribution in [0.3, 0.4) is 0 Å². The molecule has 9 nitrogen and oxygen atoms in total. The monoisotopic (exact) mass is 788 g/mol. The van der Waals surface area contributed by atoms with Crippen LogP contribution in [0.25, 0.3) is 22.0 Å². The second kappa shape index (κ2) is 15.8. The van der Waals surface area contributed by atoms with Gasteiger partial charge < -0.3 is 19.7 Å². The van der Waals surface area contributed by atoms with Crippen LogP contribution in [-0.2, 0) is 19.8 Å². The van der Waals surface area contributed by atoms with Crippen LogP contribution < -0.4 is 5.32 Å². The van der Waals surface area contributed by atoms with Crippen molar-refractivity contribution in [2.24, 2.45) is 5.92 Å². The van der Waals surface area contributed by atoms with Crippen LogP contribution in [0.15, 0.2) is 121 Å². The number of fused-ring (bicyclic) bond motifs is 1. The molecule has 6 aromatic rings. The maximum Gasteiger partial charge on any atom is 0.410 e. The predicted molar refractivity (Wildman–Crippen MR) is 220 cm³/mol. The number of benzene rings is 5. The van der Waals surface area contributed by atoms with Crippen molar-refractivity contribution in [3.05, 3.63) is 154 Å². The van der Waals surface area contributed by atoms with Gasteiger partial charge in [0.05, 0.1) is 29.1 Å². The fourth-order valence-corrected chi connectivity index (χ4v) is 8.18. The topological polar surface area (TPSA) is 103 Å². The van der Waals surface area contributed by atoms with Crippen LogP contribution in [-0.4, -0.2) is 58.5 Å². The lowest BCUT2D eigenvalue weighted by atomic mass is 9.77. The zero-order chi connectivity index (χ0) is 39.6. The van der Waals surface area contributed by atoms with E-state index in [1.54, 1.807) is 11.0 Å². The van der Waals surface area contributed by atoms with Crippen molar-refractivity contribution in [3.63, 3.8) is 0 Å². The molecule has 0 saturated carbocycles. The fraction of sp³-hybridized carbons (Fsp3) is 0.244. The van der Waals surface area contributed by atoms with Crippen LogP contribution in [0, 0.1) is 5.92 Å². The van der Waals surface area contributed by atoms with Gasteiger partial charge in [-0.1, -0.05) is 120 Å². The highest BCUT2D eigenvalue weighted by molar-refractivity contribution is 6.41. The average Bonchev–Trinajstić information content (AvgIpc) is 3.56. The molecule has 0 spiro atoms. The van der Waals surface area contributed by atoms with E-state index in [2.05, 4.69) is 41.7 Å². The number of amides is 2. The Balaban J connectivity index is 1.44. The molecule has 0 radical (unpaired) electrons. The molecule has 1 saturated heterocycles. The second-order valence-electron chi connectivity index (χ2n) is 14.8. The summed E-state index contributed by atoms with van der Waals surface area (Å²) in [6.45, 7) is 6.17. The second-order valence-corrected chi connectivity index (χ2v) is 15.6. The number of piperidine rings is 1. The summed E-state index contributed by atoms with van der Waals surface area (Å²) in [5.41, 5.74) is 3.07. The van der Waals surface area contributed by atoms with Gasteiger partial charge in [-0.05, 0) is 80.1 Å². The molecular formula is C45H42Cl2N4O5. The van der Waals surface area contributed by atoms with Crippen molar-refractivity contribution in [1.82, 2.24) is 14.7 Å². The zero-order valence-electron chi connectivity index (χ0n) is 31.6. The Morgan fingerprint density at radius 1 is 0.804 bits per heavy atom. The minimum Gasteiger partial charge on any atom is -0.465 e. The van der Waals surface area contributed by atoms with Crippen molar-refractivity contribution in [1.29, 1.82) is 0 Å². The number of likely N-dealkylation sites (tertiary alicyclic amines) is 1. The zero-order valence-corrected chi connectivity index (χ0v) is 33.1. The number of ether oxygens (including phenoxy) is 2. The number of halogens is 2. The molecule has 11 heteroatoms. The van der Waals surface area contributed by atoms with E-state index in [9.17, 15) is 14.4 Å². The Hall–Kier alpha value is -5.64. The van der Waals surface area contributed by atoms with Gasteiger partial charge in [0.2, 0.25) is 5.91 Å². The number of rotatable bonds is 8. The highest BCUT2D eigenvalue weighted by atomic mass is 35.5. The lowest BCUT2D eigenvalue weighted by Crippen LogP contribution is -2.45. The molecule has 1 aliphatic rings. The highest BCUT2D eigenvalue weighted by Crippen LogP contribution is 2.45. The van der Waals surface area contributed by atoms with Crippen molar-refractivity contribution < 1.29 is 23.9 Å². The van der Waals surface area contributed by atoms with E-state index in [1.165, 1.54) is 13.2 Å². The minimum absolute atomic E-state index is 0.137. The van der Waals surface area contributed by atoms with Gasteiger partial charge in [0.1, 0.15) is 11.1 Å². The molecule has 1 atom stereocenters. The first-order valence-corrected chi connectivity index (χ1v) is 19.2. The quantitative estimate of drug-likeness (QED) is 0.122. The first kappa shape index (κ1) is 38.6. The summed E-state index contributed by atoms with van der Waals surface area (Å²) in [4.78, 5) is 41.6. The van der Waals surface area contributed by atoms with E-state index in [4.69, 9.17) is 37.8 Å². The van der Waals surface area contributed by atoms with E-state index in [0.29, 0.717) is 52.3 Å². The SMILES string of the molecule is COC(=O)c1ccc(Cl)c(-c2ccc3c(c2)c(NC(=O)[C@@H]2CCCN(C(=O)OC(C)(C)C)C2)nn3C(c2ccccc2)(c2ccccc2)c2ccccc2)c1Cl. The van der Waals surface area contributed by atoms with Crippen LogP contribution >= 0.6 is 23.2 Å². The minimum atomic E-state index is -1.01. The van der Waals surface area contributed by atoms with Crippen molar-refractivity contribution in [3.8, 4) is 11.1 Å². The molecule has 5 aromatic carbocycles. The van der Waals surface area contributed by atoms with Crippen LogP contribution in [0.2, 0.25) is 10.0 Å². The summed E-state index contributed by atoms with van der Waals surface area (Å²) in [6.07, 6.45) is 0.780. The highest BCUT2D eigenvalue weighted by Gasteiger charge is 2.41. The molecule has 0 aliphatic carbocycles. The van der Waals surface area contributed by atoms with Gasteiger partial charge in [0.15, 0.2) is 5.82 Å². The molecule has 56 heavy (non-hydrogen) atoms. The normalized spacial score (nSPS) is 14.7. The number of methoxy groups -OCH3 is 1. The van der Waals surface area contributed by atoms with E-state index in [-0.39, 0.29) is 23.0 Å². The van der Waals surface area contributed by atoms with Gasteiger partial charge in [0.25, 0.3) is 0 Å². The summed E-state index contributed by atoms with van der Waals surface area (Å²) in [7, 11) is 1.29. The Kier molecular flexibility index (Phi) is 10.9. The number of nitrogens with zero attached hydrogens (tertiary/aromatic N) is 3. The number of anilines is 1. The molecule has 1 aromatic heterocycles. The van der Waals surface area contributed by atoms with Gasteiger partial charge in [-0.25, -0.2) is 14.3 Å². The third-order valence-electron chi connectivity index (χ3n) is 10.0. The summed E-state index contributed by atoms with van der Waals surface area (Å²) in [5.74, 6) is -1.07. The number of hydrogen-bond acceptors (Lipinski definition) is 6.